The number of benzene rings is 3. The molecule has 0 bridgehead atoms. The predicted molar refractivity (Wildman–Crippen MR) is 152 cm³/mol. The molecule has 0 unspecified atom stereocenters. The first-order valence-electron chi connectivity index (χ1n) is 12.9. The molecule has 5 rings (SSSR count). The highest BCUT2D eigenvalue weighted by Gasteiger charge is 2.42. The van der Waals surface area contributed by atoms with Gasteiger partial charge in [-0.25, -0.2) is 0 Å². The van der Waals surface area contributed by atoms with Gasteiger partial charge in [-0.2, -0.15) is 13.2 Å². The van der Waals surface area contributed by atoms with Gasteiger partial charge in [-0.05, 0) is 70.0 Å². The van der Waals surface area contributed by atoms with Crippen molar-refractivity contribution in [3.05, 3.63) is 99.6 Å². The van der Waals surface area contributed by atoms with E-state index >= 15 is 0 Å². The zero-order valence-corrected chi connectivity index (χ0v) is 23.0. The lowest BCUT2D eigenvalue weighted by atomic mass is 9.62. The van der Waals surface area contributed by atoms with Gasteiger partial charge in [0.15, 0.2) is 0 Å². The summed E-state index contributed by atoms with van der Waals surface area (Å²) in [6.45, 7) is 12.9. The molecule has 2 aliphatic rings. The highest BCUT2D eigenvalue weighted by atomic mass is 19.4. The molecular formula is C32H33BF3NO. The minimum Gasteiger partial charge on any atom is -0.537 e. The van der Waals surface area contributed by atoms with Crippen LogP contribution in [0.25, 0.3) is 23.6 Å². The van der Waals surface area contributed by atoms with Crippen LogP contribution in [-0.4, -0.2) is 18.9 Å². The molecule has 3 aromatic rings. The van der Waals surface area contributed by atoms with Crippen molar-refractivity contribution in [3.63, 3.8) is 0 Å². The highest BCUT2D eigenvalue weighted by Crippen LogP contribution is 2.38. The second kappa shape index (κ2) is 8.83. The number of halogens is 3. The van der Waals surface area contributed by atoms with E-state index < -0.39 is 18.8 Å². The maximum atomic E-state index is 13.9. The molecule has 0 fully saturated rings. The fourth-order valence-electron chi connectivity index (χ4n) is 5.10. The third-order valence-corrected chi connectivity index (χ3v) is 7.45. The molecule has 2 aliphatic heterocycles. The first kappa shape index (κ1) is 26.2. The van der Waals surface area contributed by atoms with Gasteiger partial charge >= 0.3 is 13.2 Å². The second-order valence-corrected chi connectivity index (χ2v) is 12.3. The van der Waals surface area contributed by atoms with Gasteiger partial charge in [0.1, 0.15) is 5.76 Å². The largest absolute Gasteiger partial charge is 0.537 e. The normalized spacial score (nSPS) is 15.5. The van der Waals surface area contributed by atoms with Gasteiger partial charge in [-0.3, -0.25) is 0 Å². The van der Waals surface area contributed by atoms with Crippen LogP contribution in [0, 0.1) is 0 Å². The summed E-state index contributed by atoms with van der Waals surface area (Å²) in [5.41, 5.74) is 6.12. The van der Waals surface area contributed by atoms with Crippen LogP contribution in [0.4, 0.5) is 13.2 Å². The van der Waals surface area contributed by atoms with E-state index in [0.29, 0.717) is 16.9 Å². The Hall–Kier alpha value is -3.41. The topological polar surface area (TPSA) is 12.5 Å². The van der Waals surface area contributed by atoms with Crippen LogP contribution in [0.3, 0.4) is 0 Å². The van der Waals surface area contributed by atoms with Gasteiger partial charge in [0.2, 0.25) is 0 Å². The third kappa shape index (κ3) is 4.77. The van der Waals surface area contributed by atoms with Gasteiger partial charge in [0, 0.05) is 16.7 Å². The molecule has 196 valence electrons. The zero-order chi connectivity index (χ0) is 27.6. The molecule has 0 aromatic heterocycles. The van der Waals surface area contributed by atoms with E-state index in [9.17, 15) is 13.2 Å². The van der Waals surface area contributed by atoms with Crippen molar-refractivity contribution in [1.29, 1.82) is 0 Å². The van der Waals surface area contributed by atoms with E-state index in [0.717, 1.165) is 22.3 Å². The van der Waals surface area contributed by atoms with Crippen molar-refractivity contribution in [2.45, 2.75) is 58.5 Å². The molecule has 0 saturated heterocycles. The zero-order valence-electron chi connectivity index (χ0n) is 23.0. The SMILES string of the molecule is CN1B2OC(c3ccc(C(C)(C)C)cc3)=Cc3cc(C(F)(F)F)cc(c32)C=C1c1ccc(C(C)(C)C)cc1. The quantitative estimate of drug-likeness (QED) is 0.321. The summed E-state index contributed by atoms with van der Waals surface area (Å²) in [7, 11) is 1.39. The molecule has 2 nitrogen and oxygen atoms in total. The van der Waals surface area contributed by atoms with Crippen LogP contribution in [0.2, 0.25) is 0 Å². The van der Waals surface area contributed by atoms with Crippen LogP contribution in [0.15, 0.2) is 60.7 Å². The summed E-state index contributed by atoms with van der Waals surface area (Å²) >= 11 is 0. The van der Waals surface area contributed by atoms with Gasteiger partial charge in [-0.15, -0.1) is 0 Å². The molecule has 2 heterocycles. The van der Waals surface area contributed by atoms with Crippen LogP contribution >= 0.6 is 0 Å². The molecule has 0 spiro atoms. The number of hydrogen-bond acceptors (Lipinski definition) is 2. The van der Waals surface area contributed by atoms with Crippen molar-refractivity contribution in [1.82, 2.24) is 4.81 Å². The van der Waals surface area contributed by atoms with Gasteiger partial charge in [0.25, 0.3) is 0 Å². The maximum Gasteiger partial charge on any atom is 0.520 e. The molecule has 0 N–H and O–H groups in total. The molecule has 0 aliphatic carbocycles. The van der Waals surface area contributed by atoms with Crippen molar-refractivity contribution >= 4 is 36.1 Å². The third-order valence-electron chi connectivity index (χ3n) is 7.45. The van der Waals surface area contributed by atoms with E-state index in [2.05, 4.69) is 65.8 Å². The molecule has 0 saturated carbocycles. The predicted octanol–water partition coefficient (Wildman–Crippen LogP) is 7.97. The average molecular weight is 515 g/mol. The fraction of sp³-hybridized carbons (Fsp3) is 0.312. The molecule has 0 amide bonds. The highest BCUT2D eigenvalue weighted by molar-refractivity contribution is 6.70. The fourth-order valence-corrected chi connectivity index (χ4v) is 5.10. The summed E-state index contributed by atoms with van der Waals surface area (Å²) in [5.74, 6) is 0.560. The summed E-state index contributed by atoms with van der Waals surface area (Å²) < 4.78 is 48.3. The number of alkyl halides is 3. The Morgan fingerprint density at radius 1 is 0.658 bits per heavy atom. The lowest BCUT2D eigenvalue weighted by molar-refractivity contribution is -0.137. The lowest BCUT2D eigenvalue weighted by Crippen LogP contribution is -2.53. The van der Waals surface area contributed by atoms with Gasteiger partial charge in [-0.1, -0.05) is 90.1 Å². The van der Waals surface area contributed by atoms with E-state index in [1.165, 1.54) is 23.3 Å². The minimum atomic E-state index is -4.45. The Balaban J connectivity index is 1.62. The maximum absolute atomic E-state index is 13.9. The molecule has 38 heavy (non-hydrogen) atoms. The standard InChI is InChI=1S/C32H33BF3NO/c1-30(2,3)24-12-8-20(9-13-24)27-18-22-16-26(32(34,35)36)17-23-19-28(38-33(29(22)23)37(27)7)21-10-14-25(15-11-21)31(4,5)6/h8-19H,1-7H3. The first-order valence-corrected chi connectivity index (χ1v) is 12.9. The summed E-state index contributed by atoms with van der Waals surface area (Å²) in [5, 5.41) is 0. The van der Waals surface area contributed by atoms with Crippen molar-refractivity contribution in [3.8, 4) is 0 Å². The number of rotatable bonds is 2. The molecular weight excluding hydrogens is 482 g/mol. The van der Waals surface area contributed by atoms with Crippen LogP contribution in [0.5, 0.6) is 0 Å². The second-order valence-electron chi connectivity index (χ2n) is 12.3. The number of hydrogen-bond donors (Lipinski definition) is 0. The summed E-state index contributed by atoms with van der Waals surface area (Å²) in [4.78, 5) is 2.02. The molecule has 6 heteroatoms. The average Bonchev–Trinajstić information content (AvgIpc) is 2.84. The van der Waals surface area contributed by atoms with E-state index in [-0.39, 0.29) is 10.8 Å². The Morgan fingerprint density at radius 2 is 1.13 bits per heavy atom. The number of nitrogens with zero attached hydrogens (tertiary/aromatic N) is 1. The van der Waals surface area contributed by atoms with Crippen molar-refractivity contribution in [2.24, 2.45) is 0 Å². The molecule has 3 aromatic carbocycles. The van der Waals surface area contributed by atoms with E-state index in [1.54, 1.807) is 6.08 Å². The Labute approximate surface area is 224 Å². The first-order chi connectivity index (χ1) is 17.6. The lowest BCUT2D eigenvalue weighted by Gasteiger charge is -2.38. The van der Waals surface area contributed by atoms with Gasteiger partial charge in [0.05, 0.1) is 5.56 Å². The summed E-state index contributed by atoms with van der Waals surface area (Å²) in [6.07, 6.45) is -0.869. The van der Waals surface area contributed by atoms with Crippen molar-refractivity contribution < 1.29 is 17.8 Å². The van der Waals surface area contributed by atoms with Crippen LogP contribution < -0.4 is 5.46 Å². The Kier molecular flexibility index (Phi) is 6.09. The minimum absolute atomic E-state index is 0.00318. The summed E-state index contributed by atoms with van der Waals surface area (Å²) in [6, 6.07) is 18.8. The Morgan fingerprint density at radius 3 is 1.61 bits per heavy atom. The van der Waals surface area contributed by atoms with Crippen molar-refractivity contribution in [2.75, 3.05) is 7.05 Å². The smallest absolute Gasteiger partial charge is 0.520 e. The van der Waals surface area contributed by atoms with E-state index in [4.69, 9.17) is 4.65 Å². The Bertz CT molecular complexity index is 1440. The molecule has 0 radical (unpaired) electrons. The van der Waals surface area contributed by atoms with Crippen LogP contribution in [0.1, 0.15) is 80.5 Å². The molecule has 0 atom stereocenters. The van der Waals surface area contributed by atoms with Crippen LogP contribution in [-0.2, 0) is 21.7 Å². The van der Waals surface area contributed by atoms with Gasteiger partial charge < -0.3 is 9.47 Å². The van der Waals surface area contributed by atoms with E-state index in [1.807, 2.05) is 42.2 Å². The monoisotopic (exact) mass is 515 g/mol.